The summed E-state index contributed by atoms with van der Waals surface area (Å²) in [6.07, 6.45) is 2.06. The molecule has 0 saturated carbocycles. The fourth-order valence-electron chi connectivity index (χ4n) is 2.75. The Bertz CT molecular complexity index is 699. The highest BCUT2D eigenvalue weighted by molar-refractivity contribution is 5.86. The van der Waals surface area contributed by atoms with E-state index in [1.165, 1.54) is 0 Å². The molecule has 0 spiro atoms. The molecule has 0 radical (unpaired) electrons. The van der Waals surface area contributed by atoms with E-state index in [0.717, 1.165) is 12.0 Å². The van der Waals surface area contributed by atoms with Crippen molar-refractivity contribution in [3.8, 4) is 11.5 Å². The standard InChI is InChI=1S/C18H24N2O7.ClH/c1-2-3-4-12(18(24)25)20-13(17(23)19-9-16(21)22)7-11-5-6-14-15(8-11)27-10-26-14;/h5-6,8,12-13,20H,2-4,7,9-10H2,1H3,(H,19,23)(H,21,22)(H,24,25);1H. The minimum Gasteiger partial charge on any atom is -0.480 e. The molecule has 1 aromatic carbocycles. The summed E-state index contributed by atoms with van der Waals surface area (Å²) in [5, 5.41) is 23.3. The van der Waals surface area contributed by atoms with Gasteiger partial charge in [-0.25, -0.2) is 0 Å². The second kappa shape index (κ2) is 11.4. The number of unbranched alkanes of at least 4 members (excludes halogenated alkanes) is 1. The minimum absolute atomic E-state index is 0. The highest BCUT2D eigenvalue weighted by atomic mass is 35.5. The van der Waals surface area contributed by atoms with Gasteiger partial charge in [-0.15, -0.1) is 12.4 Å². The fraction of sp³-hybridized carbons (Fsp3) is 0.500. The van der Waals surface area contributed by atoms with Gasteiger partial charge in [-0.2, -0.15) is 0 Å². The van der Waals surface area contributed by atoms with Crippen LogP contribution in [0.25, 0.3) is 0 Å². The van der Waals surface area contributed by atoms with E-state index in [-0.39, 0.29) is 25.6 Å². The van der Waals surface area contributed by atoms with Crippen LogP contribution in [0.3, 0.4) is 0 Å². The van der Waals surface area contributed by atoms with Crippen molar-refractivity contribution in [1.29, 1.82) is 0 Å². The molecule has 1 aliphatic rings. The van der Waals surface area contributed by atoms with E-state index < -0.39 is 36.5 Å². The van der Waals surface area contributed by atoms with Crippen LogP contribution in [0.2, 0.25) is 0 Å². The molecule has 4 N–H and O–H groups in total. The van der Waals surface area contributed by atoms with Crippen molar-refractivity contribution in [3.63, 3.8) is 0 Å². The van der Waals surface area contributed by atoms with E-state index in [2.05, 4.69) is 10.6 Å². The Hall–Kier alpha value is -2.52. The number of nitrogens with one attached hydrogen (secondary N) is 2. The molecule has 1 aromatic rings. The molecule has 1 aliphatic heterocycles. The maximum absolute atomic E-state index is 12.4. The zero-order valence-electron chi connectivity index (χ0n) is 15.5. The summed E-state index contributed by atoms with van der Waals surface area (Å²) in [5.74, 6) is -1.64. The van der Waals surface area contributed by atoms with Gasteiger partial charge in [0, 0.05) is 0 Å². The molecule has 2 rings (SSSR count). The molecular formula is C18H25ClN2O7. The zero-order valence-corrected chi connectivity index (χ0v) is 16.3. The van der Waals surface area contributed by atoms with Gasteiger partial charge in [-0.1, -0.05) is 25.8 Å². The van der Waals surface area contributed by atoms with E-state index in [0.29, 0.717) is 24.3 Å². The first-order valence-electron chi connectivity index (χ1n) is 8.77. The lowest BCUT2D eigenvalue weighted by Crippen LogP contribution is -2.52. The lowest BCUT2D eigenvalue weighted by molar-refractivity contribution is -0.141. The largest absolute Gasteiger partial charge is 0.480 e. The molecule has 10 heteroatoms. The first-order chi connectivity index (χ1) is 12.9. The van der Waals surface area contributed by atoms with Crippen LogP contribution < -0.4 is 20.1 Å². The number of carboxylic acid groups (broad SMARTS) is 2. The van der Waals surface area contributed by atoms with Crippen LogP contribution in [0.15, 0.2) is 18.2 Å². The molecule has 1 amide bonds. The average molecular weight is 417 g/mol. The van der Waals surface area contributed by atoms with Gasteiger partial charge in [0.05, 0.1) is 6.04 Å². The summed E-state index contributed by atoms with van der Waals surface area (Å²) in [6, 6.07) is 3.40. The van der Waals surface area contributed by atoms with Crippen molar-refractivity contribution >= 4 is 30.3 Å². The van der Waals surface area contributed by atoms with E-state index >= 15 is 0 Å². The number of carbonyl (C=O) groups excluding carboxylic acids is 1. The van der Waals surface area contributed by atoms with Gasteiger partial charge in [0.15, 0.2) is 11.5 Å². The number of carboxylic acids is 2. The Morgan fingerprint density at radius 2 is 1.86 bits per heavy atom. The molecule has 0 fully saturated rings. The Morgan fingerprint density at radius 1 is 1.14 bits per heavy atom. The predicted octanol–water partition coefficient (Wildman–Crippen LogP) is 1.18. The van der Waals surface area contributed by atoms with Crippen molar-refractivity contribution < 1.29 is 34.1 Å². The number of ether oxygens (including phenoxy) is 2. The van der Waals surface area contributed by atoms with Crippen molar-refractivity contribution in [3.05, 3.63) is 23.8 Å². The Labute approximate surface area is 168 Å². The van der Waals surface area contributed by atoms with Crippen molar-refractivity contribution in [2.24, 2.45) is 0 Å². The molecule has 2 atom stereocenters. The molecule has 9 nitrogen and oxygen atoms in total. The van der Waals surface area contributed by atoms with Gasteiger partial charge >= 0.3 is 11.9 Å². The minimum atomic E-state index is -1.18. The highest BCUT2D eigenvalue weighted by Gasteiger charge is 2.27. The van der Waals surface area contributed by atoms with E-state index in [1.807, 2.05) is 6.92 Å². The molecular weight excluding hydrogens is 392 g/mol. The second-order valence-corrected chi connectivity index (χ2v) is 6.26. The third kappa shape index (κ3) is 6.90. The van der Waals surface area contributed by atoms with E-state index in [1.54, 1.807) is 18.2 Å². The second-order valence-electron chi connectivity index (χ2n) is 6.26. The molecule has 0 bridgehead atoms. The normalized spacial score (nSPS) is 13.9. The predicted molar refractivity (Wildman–Crippen MR) is 102 cm³/mol. The third-order valence-electron chi connectivity index (χ3n) is 4.15. The van der Waals surface area contributed by atoms with Crippen LogP contribution in [-0.2, 0) is 20.8 Å². The van der Waals surface area contributed by atoms with Crippen LogP contribution in [0.5, 0.6) is 11.5 Å². The Kier molecular flexibility index (Phi) is 9.54. The summed E-state index contributed by atoms with van der Waals surface area (Å²) in [4.78, 5) is 34.7. The molecule has 28 heavy (non-hydrogen) atoms. The van der Waals surface area contributed by atoms with Crippen LogP contribution in [0, 0.1) is 0 Å². The SMILES string of the molecule is CCCCC(NC(Cc1ccc2c(c1)OCO2)C(=O)NCC(=O)O)C(=O)O.Cl. The molecule has 1 heterocycles. The van der Waals surface area contributed by atoms with Crippen molar-refractivity contribution in [1.82, 2.24) is 10.6 Å². The first-order valence-corrected chi connectivity index (χ1v) is 8.77. The molecule has 0 aromatic heterocycles. The fourth-order valence-corrected chi connectivity index (χ4v) is 2.75. The smallest absolute Gasteiger partial charge is 0.322 e. The first kappa shape index (κ1) is 23.5. The lowest BCUT2D eigenvalue weighted by Gasteiger charge is -2.23. The number of halogens is 1. The van der Waals surface area contributed by atoms with Gasteiger partial charge in [0.1, 0.15) is 12.6 Å². The molecule has 2 unspecified atom stereocenters. The number of rotatable bonds is 11. The van der Waals surface area contributed by atoms with Gasteiger partial charge in [-0.3, -0.25) is 19.7 Å². The summed E-state index contributed by atoms with van der Waals surface area (Å²) in [5.41, 5.74) is 0.738. The Balaban J connectivity index is 0.00000392. The summed E-state index contributed by atoms with van der Waals surface area (Å²) in [6.45, 7) is 1.53. The van der Waals surface area contributed by atoms with Gasteiger partial charge in [0.25, 0.3) is 0 Å². The molecule has 156 valence electrons. The molecule has 0 aliphatic carbocycles. The quantitative estimate of drug-likeness (QED) is 0.422. The highest BCUT2D eigenvalue weighted by Crippen LogP contribution is 2.32. The van der Waals surface area contributed by atoms with Crippen molar-refractivity contribution in [2.75, 3.05) is 13.3 Å². The maximum atomic E-state index is 12.4. The number of aliphatic carboxylic acids is 2. The number of carbonyl (C=O) groups is 3. The maximum Gasteiger partial charge on any atom is 0.322 e. The van der Waals surface area contributed by atoms with Gasteiger partial charge in [0.2, 0.25) is 12.7 Å². The number of hydrogen-bond acceptors (Lipinski definition) is 6. The van der Waals surface area contributed by atoms with Gasteiger partial charge < -0.3 is 25.0 Å². The summed E-state index contributed by atoms with van der Waals surface area (Å²) in [7, 11) is 0. The van der Waals surface area contributed by atoms with Crippen LogP contribution in [-0.4, -0.2) is 53.5 Å². The van der Waals surface area contributed by atoms with E-state index in [4.69, 9.17) is 14.6 Å². The summed E-state index contributed by atoms with van der Waals surface area (Å²) < 4.78 is 10.6. The number of hydrogen-bond donors (Lipinski definition) is 4. The number of benzene rings is 1. The van der Waals surface area contributed by atoms with Gasteiger partial charge in [-0.05, 0) is 30.5 Å². The van der Waals surface area contributed by atoms with Crippen molar-refractivity contribution in [2.45, 2.75) is 44.7 Å². The Morgan fingerprint density at radius 3 is 2.50 bits per heavy atom. The summed E-state index contributed by atoms with van der Waals surface area (Å²) >= 11 is 0. The topological polar surface area (TPSA) is 134 Å². The van der Waals surface area contributed by atoms with Crippen LogP contribution in [0.4, 0.5) is 0 Å². The average Bonchev–Trinajstić information content (AvgIpc) is 3.09. The lowest BCUT2D eigenvalue weighted by atomic mass is 10.0. The monoisotopic (exact) mass is 416 g/mol. The number of fused-ring (bicyclic) bond motifs is 1. The number of amides is 1. The zero-order chi connectivity index (χ0) is 19.8. The third-order valence-corrected chi connectivity index (χ3v) is 4.15. The molecule has 0 saturated heterocycles. The van der Waals surface area contributed by atoms with Crippen LogP contribution in [0.1, 0.15) is 31.7 Å². The van der Waals surface area contributed by atoms with E-state index in [9.17, 15) is 19.5 Å². The van der Waals surface area contributed by atoms with Crippen LogP contribution >= 0.6 is 12.4 Å².